The molecule has 2 heterocycles. The van der Waals surface area contributed by atoms with Crippen LogP contribution in [0.5, 0.6) is 0 Å². The average Bonchev–Trinajstić information content (AvgIpc) is 2.62. The lowest BCUT2D eigenvalue weighted by molar-refractivity contribution is -0.120. The second-order valence-electron chi connectivity index (χ2n) is 5.65. The van der Waals surface area contributed by atoms with Crippen LogP contribution in [0.4, 0.5) is 20.3 Å². The van der Waals surface area contributed by atoms with Crippen molar-refractivity contribution >= 4 is 27.4 Å². The molecule has 1 aliphatic rings. The number of amides is 1. The van der Waals surface area contributed by atoms with Gasteiger partial charge in [0.2, 0.25) is 5.91 Å². The van der Waals surface area contributed by atoms with Crippen LogP contribution in [0.25, 0.3) is 0 Å². The lowest BCUT2D eigenvalue weighted by atomic mass is 10.2. The third-order valence-electron chi connectivity index (χ3n) is 3.83. The van der Waals surface area contributed by atoms with Crippen molar-refractivity contribution in [2.24, 2.45) is 0 Å². The van der Waals surface area contributed by atoms with Gasteiger partial charge in [-0.2, -0.15) is 0 Å². The number of alkyl halides is 2. The van der Waals surface area contributed by atoms with Crippen LogP contribution in [0.2, 0.25) is 0 Å². The summed E-state index contributed by atoms with van der Waals surface area (Å²) in [6.45, 7) is 1.38. The van der Waals surface area contributed by atoms with Crippen molar-refractivity contribution < 1.29 is 22.0 Å². The van der Waals surface area contributed by atoms with Crippen LogP contribution in [-0.2, 0) is 14.8 Å². The van der Waals surface area contributed by atoms with Gasteiger partial charge < -0.3 is 10.2 Å². The number of aromatic nitrogens is 1. The monoisotopic (exact) mass is 382 g/mol. The number of carbonyl (C=O) groups is 1. The Bertz CT molecular complexity index is 887. The van der Waals surface area contributed by atoms with E-state index in [0.29, 0.717) is 18.8 Å². The maximum absolute atomic E-state index is 12.6. The second-order valence-corrected chi connectivity index (χ2v) is 7.33. The number of sulfonamides is 1. The molecule has 2 aromatic rings. The Hall–Kier alpha value is -2.75. The molecule has 1 fully saturated rings. The van der Waals surface area contributed by atoms with Crippen molar-refractivity contribution in [1.29, 1.82) is 0 Å². The van der Waals surface area contributed by atoms with Crippen molar-refractivity contribution in [1.82, 2.24) is 10.3 Å². The minimum Gasteiger partial charge on any atom is -0.359 e. The second kappa shape index (κ2) is 7.24. The number of benzene rings is 1. The summed E-state index contributed by atoms with van der Waals surface area (Å²) in [5.74, 6) is 0.00132. The van der Waals surface area contributed by atoms with Gasteiger partial charge in [0.05, 0.1) is 23.3 Å². The van der Waals surface area contributed by atoms with Gasteiger partial charge in [0.1, 0.15) is 5.82 Å². The van der Waals surface area contributed by atoms with Crippen LogP contribution in [0, 0.1) is 0 Å². The van der Waals surface area contributed by atoms with E-state index >= 15 is 0 Å². The first kappa shape index (κ1) is 18.1. The Morgan fingerprint density at radius 1 is 1.15 bits per heavy atom. The molecule has 3 rings (SSSR count). The lowest BCUT2D eigenvalue weighted by Gasteiger charge is -2.28. The van der Waals surface area contributed by atoms with Gasteiger partial charge in [-0.1, -0.05) is 12.1 Å². The third kappa shape index (κ3) is 4.07. The normalized spacial score (nSPS) is 15.0. The number of piperazine rings is 1. The predicted molar refractivity (Wildman–Crippen MR) is 91.7 cm³/mol. The van der Waals surface area contributed by atoms with E-state index in [0.717, 1.165) is 24.3 Å². The predicted octanol–water partition coefficient (Wildman–Crippen LogP) is 1.76. The fourth-order valence-electron chi connectivity index (χ4n) is 2.48. The smallest absolute Gasteiger partial charge is 0.263 e. The number of pyridine rings is 1. The Kier molecular flexibility index (Phi) is 5.03. The molecule has 10 heteroatoms. The van der Waals surface area contributed by atoms with E-state index in [1.165, 1.54) is 12.3 Å². The molecule has 1 amide bonds. The average molecular weight is 382 g/mol. The molecule has 0 spiro atoms. The highest BCUT2D eigenvalue weighted by Crippen LogP contribution is 2.22. The van der Waals surface area contributed by atoms with E-state index in [-0.39, 0.29) is 28.7 Å². The minimum absolute atomic E-state index is 0.0896. The first-order valence-electron chi connectivity index (χ1n) is 7.74. The van der Waals surface area contributed by atoms with Crippen molar-refractivity contribution in [2.45, 2.75) is 11.3 Å². The molecule has 1 aromatic heterocycles. The molecule has 1 aromatic carbocycles. The SMILES string of the molecule is O=C1CN(c2ccc(NS(=O)(=O)c3ccc(C(F)F)cc3)nc2)CCN1. The summed E-state index contributed by atoms with van der Waals surface area (Å²) >= 11 is 0. The molecular weight excluding hydrogens is 366 g/mol. The molecule has 1 saturated heterocycles. The summed E-state index contributed by atoms with van der Waals surface area (Å²) in [6.07, 6.45) is -1.19. The van der Waals surface area contributed by atoms with Gasteiger partial charge in [-0.3, -0.25) is 9.52 Å². The van der Waals surface area contributed by atoms with Gasteiger partial charge in [-0.25, -0.2) is 22.2 Å². The van der Waals surface area contributed by atoms with E-state index in [1.807, 2.05) is 4.90 Å². The van der Waals surface area contributed by atoms with Gasteiger partial charge in [-0.15, -0.1) is 0 Å². The number of nitrogens with zero attached hydrogens (tertiary/aromatic N) is 2. The zero-order chi connectivity index (χ0) is 18.7. The lowest BCUT2D eigenvalue weighted by Crippen LogP contribution is -2.47. The van der Waals surface area contributed by atoms with Gasteiger partial charge in [-0.05, 0) is 24.3 Å². The zero-order valence-electron chi connectivity index (χ0n) is 13.5. The van der Waals surface area contributed by atoms with Crippen molar-refractivity contribution in [3.05, 3.63) is 48.2 Å². The molecule has 0 atom stereocenters. The first-order valence-corrected chi connectivity index (χ1v) is 9.22. The third-order valence-corrected chi connectivity index (χ3v) is 5.20. The molecule has 0 unspecified atom stereocenters. The van der Waals surface area contributed by atoms with Gasteiger partial charge >= 0.3 is 0 Å². The van der Waals surface area contributed by atoms with Crippen molar-refractivity contribution in [2.75, 3.05) is 29.3 Å². The molecule has 0 aliphatic carbocycles. The molecule has 0 saturated carbocycles. The standard InChI is InChI=1S/C16H16F2N4O3S/c17-16(18)11-1-4-13(5-2-11)26(24,25)21-14-6-3-12(9-20-14)22-8-7-19-15(23)10-22/h1-6,9,16H,7-8,10H2,(H,19,23)(H,20,21). The highest BCUT2D eigenvalue weighted by atomic mass is 32.2. The summed E-state index contributed by atoms with van der Waals surface area (Å²) in [5.41, 5.74) is 0.445. The van der Waals surface area contributed by atoms with Crippen LogP contribution < -0.4 is 14.9 Å². The largest absolute Gasteiger partial charge is 0.359 e. The number of nitrogens with one attached hydrogen (secondary N) is 2. The number of carbonyl (C=O) groups excluding carboxylic acids is 1. The Morgan fingerprint density at radius 2 is 1.88 bits per heavy atom. The zero-order valence-corrected chi connectivity index (χ0v) is 14.3. The van der Waals surface area contributed by atoms with E-state index in [4.69, 9.17) is 0 Å². The highest BCUT2D eigenvalue weighted by molar-refractivity contribution is 7.92. The fourth-order valence-corrected chi connectivity index (χ4v) is 3.49. The summed E-state index contributed by atoms with van der Waals surface area (Å²) in [4.78, 5) is 17.2. The maximum Gasteiger partial charge on any atom is 0.263 e. The molecule has 2 N–H and O–H groups in total. The van der Waals surface area contributed by atoms with Gasteiger partial charge in [0.15, 0.2) is 0 Å². The molecular formula is C16H16F2N4O3S. The number of hydrogen-bond donors (Lipinski definition) is 2. The van der Waals surface area contributed by atoms with Crippen LogP contribution in [0.1, 0.15) is 12.0 Å². The van der Waals surface area contributed by atoms with E-state index in [9.17, 15) is 22.0 Å². The Balaban J connectivity index is 1.72. The minimum atomic E-state index is -3.94. The number of hydrogen-bond acceptors (Lipinski definition) is 5. The molecule has 138 valence electrons. The van der Waals surface area contributed by atoms with Crippen LogP contribution in [-0.4, -0.2) is 38.9 Å². The molecule has 26 heavy (non-hydrogen) atoms. The number of halogens is 2. The Labute approximate surface area is 149 Å². The molecule has 1 aliphatic heterocycles. The van der Waals surface area contributed by atoms with Crippen LogP contribution >= 0.6 is 0 Å². The van der Waals surface area contributed by atoms with Crippen molar-refractivity contribution in [3.63, 3.8) is 0 Å². The van der Waals surface area contributed by atoms with Crippen LogP contribution in [0.15, 0.2) is 47.5 Å². The Morgan fingerprint density at radius 3 is 2.46 bits per heavy atom. The maximum atomic E-state index is 12.6. The summed E-state index contributed by atoms with van der Waals surface area (Å²) in [6, 6.07) is 7.50. The summed E-state index contributed by atoms with van der Waals surface area (Å²) < 4.78 is 52.0. The molecule has 0 bridgehead atoms. The van der Waals surface area contributed by atoms with E-state index in [1.54, 1.807) is 6.07 Å². The van der Waals surface area contributed by atoms with E-state index < -0.39 is 16.4 Å². The molecule has 7 nitrogen and oxygen atoms in total. The van der Waals surface area contributed by atoms with Crippen LogP contribution in [0.3, 0.4) is 0 Å². The van der Waals surface area contributed by atoms with Crippen molar-refractivity contribution in [3.8, 4) is 0 Å². The fraction of sp³-hybridized carbons (Fsp3) is 0.250. The molecule has 0 radical (unpaired) electrons. The number of rotatable bonds is 5. The van der Waals surface area contributed by atoms with Gasteiger partial charge in [0, 0.05) is 18.7 Å². The first-order chi connectivity index (χ1) is 12.3. The van der Waals surface area contributed by atoms with E-state index in [2.05, 4.69) is 15.0 Å². The number of anilines is 2. The summed E-state index contributed by atoms with van der Waals surface area (Å²) in [5, 5.41) is 2.71. The topological polar surface area (TPSA) is 91.4 Å². The summed E-state index contributed by atoms with van der Waals surface area (Å²) in [7, 11) is -3.94. The van der Waals surface area contributed by atoms with Gasteiger partial charge in [0.25, 0.3) is 16.4 Å². The highest BCUT2D eigenvalue weighted by Gasteiger charge is 2.18. The quantitative estimate of drug-likeness (QED) is 0.822.